The molecule has 9 heavy (non-hydrogen) atoms. The van der Waals surface area contributed by atoms with E-state index in [0.29, 0.717) is 0 Å². The Morgan fingerprint density at radius 1 is 1.22 bits per heavy atom. The van der Waals surface area contributed by atoms with Gasteiger partial charge in [-0.1, -0.05) is 45.3 Å². The Bertz CT molecular complexity index is 90.7. The molecule has 0 radical (unpaired) electrons. The highest BCUT2D eigenvalue weighted by Gasteiger charge is 2.39. The molecule has 0 aromatic heterocycles. The number of hydrogen-bond donors (Lipinski definition) is 0. The average Bonchev–Trinajstić information content (AvgIpc) is 2.68. The molecule has 0 spiro atoms. The molecule has 1 fully saturated rings. The summed E-state index contributed by atoms with van der Waals surface area (Å²) in [6.45, 7) is 7.34. The Balaban J connectivity index is 2.43. The molecule has 0 unspecified atom stereocenters. The quantitative estimate of drug-likeness (QED) is 0.531. The molecule has 1 rings (SSSR count). The van der Waals surface area contributed by atoms with Crippen LogP contribution in [-0.4, -0.2) is 8.07 Å². The summed E-state index contributed by atoms with van der Waals surface area (Å²) in [6.07, 6.45) is 3.12. The van der Waals surface area contributed by atoms with Crippen LogP contribution in [0.4, 0.5) is 0 Å². The molecule has 0 aromatic rings. The van der Waals surface area contributed by atoms with Crippen molar-refractivity contribution in [2.24, 2.45) is 0 Å². The second kappa shape index (κ2) is 2.45. The summed E-state index contributed by atoms with van der Waals surface area (Å²) in [5.74, 6) is 0. The van der Waals surface area contributed by atoms with E-state index in [1.54, 1.807) is 12.8 Å². The zero-order chi connectivity index (χ0) is 6.91. The van der Waals surface area contributed by atoms with Crippen molar-refractivity contribution in [1.82, 2.24) is 0 Å². The first-order valence-corrected chi connectivity index (χ1v) is 7.22. The van der Waals surface area contributed by atoms with Crippen molar-refractivity contribution in [2.75, 3.05) is 0 Å². The molecule has 0 amide bonds. The first kappa shape index (κ1) is 7.33. The van der Waals surface area contributed by atoms with Crippen molar-refractivity contribution < 1.29 is 0 Å². The van der Waals surface area contributed by atoms with E-state index >= 15 is 0 Å². The first-order valence-electron chi connectivity index (χ1n) is 4.23. The normalized spacial score (nSPS) is 20.3. The molecule has 1 heteroatoms. The second-order valence-electron chi connectivity index (χ2n) is 3.64. The van der Waals surface area contributed by atoms with Gasteiger partial charge in [0, 0.05) is 0 Å². The van der Waals surface area contributed by atoms with Gasteiger partial charge in [0.2, 0.25) is 0 Å². The Hall–Kier alpha value is 0.217. The van der Waals surface area contributed by atoms with E-state index in [0.717, 1.165) is 0 Å². The van der Waals surface area contributed by atoms with Gasteiger partial charge in [-0.05, 0) is 5.54 Å². The SMILES string of the molecule is CC[Si](C)(CC)C1CC1. The molecule has 0 N–H and O–H groups in total. The third-order valence-electron chi connectivity index (χ3n) is 3.18. The van der Waals surface area contributed by atoms with Crippen LogP contribution in [0.3, 0.4) is 0 Å². The Kier molecular flexibility index (Phi) is 1.99. The van der Waals surface area contributed by atoms with Gasteiger partial charge in [-0.25, -0.2) is 0 Å². The van der Waals surface area contributed by atoms with Gasteiger partial charge in [-0.15, -0.1) is 0 Å². The lowest BCUT2D eigenvalue weighted by Gasteiger charge is -2.23. The van der Waals surface area contributed by atoms with Crippen molar-refractivity contribution in [3.63, 3.8) is 0 Å². The molecule has 54 valence electrons. The molecular formula is C8H18Si. The second-order valence-corrected chi connectivity index (χ2v) is 9.17. The zero-order valence-corrected chi connectivity index (χ0v) is 7.91. The maximum atomic E-state index is 2.57. The highest BCUT2D eigenvalue weighted by Crippen LogP contribution is 2.48. The summed E-state index contributed by atoms with van der Waals surface area (Å²) in [4.78, 5) is 0. The molecule has 1 aliphatic rings. The summed E-state index contributed by atoms with van der Waals surface area (Å²) in [5.41, 5.74) is 1.22. The predicted molar refractivity (Wildman–Crippen MR) is 45.6 cm³/mol. The Morgan fingerprint density at radius 3 is 1.78 bits per heavy atom. The zero-order valence-electron chi connectivity index (χ0n) is 6.91. The van der Waals surface area contributed by atoms with Crippen LogP contribution in [0.5, 0.6) is 0 Å². The van der Waals surface area contributed by atoms with Crippen LogP contribution >= 0.6 is 0 Å². The molecule has 0 saturated heterocycles. The van der Waals surface area contributed by atoms with E-state index in [1.807, 2.05) is 0 Å². The van der Waals surface area contributed by atoms with Crippen LogP contribution in [0.1, 0.15) is 26.7 Å². The van der Waals surface area contributed by atoms with Crippen LogP contribution in [0.15, 0.2) is 0 Å². The van der Waals surface area contributed by atoms with Crippen LogP contribution < -0.4 is 0 Å². The van der Waals surface area contributed by atoms with Gasteiger partial charge in [-0.2, -0.15) is 0 Å². The summed E-state index contributed by atoms with van der Waals surface area (Å²) >= 11 is 0. The van der Waals surface area contributed by atoms with Crippen LogP contribution in [0.25, 0.3) is 0 Å². The topological polar surface area (TPSA) is 0 Å². The lowest BCUT2D eigenvalue weighted by molar-refractivity contribution is 1.15. The highest BCUT2D eigenvalue weighted by atomic mass is 28.3. The van der Waals surface area contributed by atoms with Crippen molar-refractivity contribution in [2.45, 2.75) is 50.9 Å². The van der Waals surface area contributed by atoms with Gasteiger partial charge >= 0.3 is 0 Å². The summed E-state index contributed by atoms with van der Waals surface area (Å²) < 4.78 is 0. The fourth-order valence-corrected chi connectivity index (χ4v) is 4.82. The van der Waals surface area contributed by atoms with Crippen LogP contribution in [0.2, 0.25) is 24.2 Å². The molecular weight excluding hydrogens is 124 g/mol. The minimum Gasteiger partial charge on any atom is -0.0690 e. The molecule has 1 aliphatic carbocycles. The minimum atomic E-state index is -0.664. The fourth-order valence-electron chi connectivity index (χ4n) is 1.61. The molecule has 1 saturated carbocycles. The van der Waals surface area contributed by atoms with Gasteiger partial charge in [0.1, 0.15) is 0 Å². The van der Waals surface area contributed by atoms with E-state index in [4.69, 9.17) is 0 Å². The van der Waals surface area contributed by atoms with Crippen LogP contribution in [-0.2, 0) is 0 Å². The predicted octanol–water partition coefficient (Wildman–Crippen LogP) is 3.27. The fraction of sp³-hybridized carbons (Fsp3) is 1.00. The van der Waals surface area contributed by atoms with Gasteiger partial charge in [-0.3, -0.25) is 0 Å². The van der Waals surface area contributed by atoms with Crippen molar-refractivity contribution in [3.05, 3.63) is 0 Å². The van der Waals surface area contributed by atoms with E-state index in [1.165, 1.54) is 17.6 Å². The molecule has 0 aromatic carbocycles. The van der Waals surface area contributed by atoms with Gasteiger partial charge in [0.15, 0.2) is 0 Å². The Morgan fingerprint density at radius 2 is 1.67 bits per heavy atom. The van der Waals surface area contributed by atoms with Crippen molar-refractivity contribution in [1.29, 1.82) is 0 Å². The summed E-state index contributed by atoms with van der Waals surface area (Å²) in [7, 11) is -0.664. The van der Waals surface area contributed by atoms with E-state index in [-0.39, 0.29) is 0 Å². The van der Waals surface area contributed by atoms with Gasteiger partial charge in [0.25, 0.3) is 0 Å². The van der Waals surface area contributed by atoms with E-state index in [2.05, 4.69) is 20.4 Å². The van der Waals surface area contributed by atoms with Gasteiger partial charge < -0.3 is 0 Å². The first-order chi connectivity index (χ1) is 4.23. The lowest BCUT2D eigenvalue weighted by Crippen LogP contribution is -2.27. The number of rotatable bonds is 3. The van der Waals surface area contributed by atoms with Crippen LogP contribution in [0, 0.1) is 0 Å². The average molecular weight is 142 g/mol. The maximum Gasteiger partial charge on any atom is 0.0530 e. The number of hydrogen-bond acceptors (Lipinski definition) is 0. The minimum absolute atomic E-state index is 0.664. The largest absolute Gasteiger partial charge is 0.0690 e. The van der Waals surface area contributed by atoms with Crippen molar-refractivity contribution in [3.8, 4) is 0 Å². The standard InChI is InChI=1S/C8H18Si/c1-4-9(3,5-2)8-6-7-8/h8H,4-7H2,1-3H3. The summed E-state index contributed by atoms with van der Waals surface area (Å²) in [5, 5.41) is 0. The third kappa shape index (κ3) is 1.37. The van der Waals surface area contributed by atoms with Gasteiger partial charge in [0.05, 0.1) is 8.07 Å². The Labute approximate surface area is 59.7 Å². The maximum absolute atomic E-state index is 2.57. The van der Waals surface area contributed by atoms with Crippen molar-refractivity contribution >= 4 is 8.07 Å². The lowest BCUT2D eigenvalue weighted by atomic mass is 10.9. The van der Waals surface area contributed by atoms with E-state index in [9.17, 15) is 0 Å². The monoisotopic (exact) mass is 142 g/mol. The summed E-state index contributed by atoms with van der Waals surface area (Å²) in [6, 6.07) is 3.02. The molecule has 0 heterocycles. The highest BCUT2D eigenvalue weighted by molar-refractivity contribution is 6.80. The van der Waals surface area contributed by atoms with E-state index < -0.39 is 8.07 Å². The molecule has 0 atom stereocenters. The third-order valence-corrected chi connectivity index (χ3v) is 8.96. The molecule has 0 bridgehead atoms. The molecule has 0 nitrogen and oxygen atoms in total. The smallest absolute Gasteiger partial charge is 0.0530 e. The molecule has 0 aliphatic heterocycles.